The molecule has 1 amide bonds. The molecule has 0 fully saturated rings. The Morgan fingerprint density at radius 1 is 0.968 bits per heavy atom. The second-order valence-electron chi connectivity index (χ2n) is 9.55. The normalized spacial score (nSPS) is 12.2. The zero-order valence-electron chi connectivity index (χ0n) is 20.1. The van der Waals surface area contributed by atoms with E-state index in [0.717, 1.165) is 17.2 Å². The summed E-state index contributed by atoms with van der Waals surface area (Å²) in [6.45, 7) is 14.2. The molecule has 0 aliphatic heterocycles. The Bertz CT molecular complexity index is 1050. The van der Waals surface area contributed by atoms with Gasteiger partial charge in [0.05, 0.1) is 0 Å². The minimum absolute atomic E-state index is 0.0116. The van der Waals surface area contributed by atoms with Crippen molar-refractivity contribution in [3.05, 3.63) is 54.2 Å². The molecule has 0 bridgehead atoms. The van der Waals surface area contributed by atoms with Gasteiger partial charge in [0.25, 0.3) is 5.91 Å². The highest BCUT2D eigenvalue weighted by Gasteiger charge is 2.45. The molecular weight excluding hydrogens is 400 g/mol. The Labute approximate surface area is 187 Å². The van der Waals surface area contributed by atoms with Crippen LogP contribution >= 0.6 is 0 Å². The summed E-state index contributed by atoms with van der Waals surface area (Å²) >= 11 is 0. The summed E-state index contributed by atoms with van der Waals surface area (Å²) in [5.74, 6) is 0.781. The van der Waals surface area contributed by atoms with E-state index in [-0.39, 0.29) is 5.91 Å². The maximum Gasteiger partial charge on any atom is 0.253 e. The van der Waals surface area contributed by atoms with Gasteiger partial charge in [-0.2, -0.15) is 0 Å². The Kier molecular flexibility index (Phi) is 6.60. The van der Waals surface area contributed by atoms with E-state index in [0.29, 0.717) is 22.2 Å². The quantitative estimate of drug-likeness (QED) is 0.430. The van der Waals surface area contributed by atoms with Crippen LogP contribution in [0, 0.1) is 0 Å². The van der Waals surface area contributed by atoms with Crippen molar-refractivity contribution >= 4 is 36.7 Å². The molecule has 0 atom stereocenters. The predicted octanol–water partition coefficient (Wildman–Crippen LogP) is 6.51. The van der Waals surface area contributed by atoms with E-state index < -0.39 is 8.24 Å². The van der Waals surface area contributed by atoms with Crippen LogP contribution < -0.4 is 5.32 Å². The molecule has 3 aromatic rings. The molecule has 166 valence electrons. The average Bonchev–Trinajstić information content (AvgIpc) is 3.10. The van der Waals surface area contributed by atoms with Crippen LogP contribution in [0.3, 0.4) is 0 Å². The van der Waals surface area contributed by atoms with E-state index in [2.05, 4.69) is 69.4 Å². The molecular formula is C25H36N4OSi. The summed E-state index contributed by atoms with van der Waals surface area (Å²) in [6, 6.07) is 13.9. The van der Waals surface area contributed by atoms with Gasteiger partial charge < -0.3 is 14.4 Å². The molecule has 0 spiro atoms. The van der Waals surface area contributed by atoms with E-state index in [1.807, 2.05) is 30.3 Å². The van der Waals surface area contributed by atoms with Gasteiger partial charge in [-0.3, -0.25) is 4.79 Å². The van der Waals surface area contributed by atoms with Gasteiger partial charge in [0.2, 0.25) is 0 Å². The highest BCUT2D eigenvalue weighted by Crippen LogP contribution is 2.44. The van der Waals surface area contributed by atoms with E-state index in [1.54, 1.807) is 19.0 Å². The predicted molar refractivity (Wildman–Crippen MR) is 134 cm³/mol. The van der Waals surface area contributed by atoms with Crippen molar-refractivity contribution in [1.29, 1.82) is 0 Å². The lowest BCUT2D eigenvalue weighted by Crippen LogP contribution is -2.51. The third kappa shape index (κ3) is 4.13. The Hall–Kier alpha value is -2.60. The van der Waals surface area contributed by atoms with E-state index >= 15 is 0 Å². The van der Waals surface area contributed by atoms with Crippen molar-refractivity contribution in [1.82, 2.24) is 14.1 Å². The van der Waals surface area contributed by atoms with Gasteiger partial charge in [0.15, 0.2) is 8.24 Å². The summed E-state index contributed by atoms with van der Waals surface area (Å²) in [7, 11) is 1.64. The number of hydrogen-bond acceptors (Lipinski definition) is 3. The fourth-order valence-corrected chi connectivity index (χ4v) is 11.9. The number of rotatable bonds is 7. The Morgan fingerprint density at radius 2 is 1.61 bits per heavy atom. The summed E-state index contributed by atoms with van der Waals surface area (Å²) in [5.41, 5.74) is 4.34. The second-order valence-corrected chi connectivity index (χ2v) is 15.3. The van der Waals surface area contributed by atoms with Gasteiger partial charge in [-0.15, -0.1) is 0 Å². The van der Waals surface area contributed by atoms with Gasteiger partial charge >= 0.3 is 0 Å². The SMILES string of the molecule is CC(C)[Si](C(C)C)(C(C)C)n1ccc2ccc(Nc3cccc(C(=O)N(C)C)c3)nc21. The largest absolute Gasteiger partial charge is 0.358 e. The lowest BCUT2D eigenvalue weighted by molar-refractivity contribution is 0.0827. The first-order chi connectivity index (χ1) is 14.6. The molecule has 2 aromatic heterocycles. The minimum Gasteiger partial charge on any atom is -0.358 e. The number of amides is 1. The summed E-state index contributed by atoms with van der Waals surface area (Å²) < 4.78 is 2.53. The van der Waals surface area contributed by atoms with Gasteiger partial charge in [-0.1, -0.05) is 47.6 Å². The van der Waals surface area contributed by atoms with Crippen LogP contribution in [0.1, 0.15) is 51.9 Å². The molecule has 0 radical (unpaired) electrons. The van der Waals surface area contributed by atoms with Crippen LogP contribution in [0.15, 0.2) is 48.7 Å². The number of fused-ring (bicyclic) bond motifs is 1. The van der Waals surface area contributed by atoms with Crippen LogP contribution in [0.25, 0.3) is 11.0 Å². The molecule has 0 unspecified atom stereocenters. The highest BCUT2D eigenvalue weighted by molar-refractivity contribution is 6.82. The van der Waals surface area contributed by atoms with E-state index in [4.69, 9.17) is 4.98 Å². The third-order valence-corrected chi connectivity index (χ3v) is 13.3. The standard InChI is InChI=1S/C25H36N4OSi/c1-17(2)31(18(3)4,19(5)6)29-15-14-20-12-13-23(27-24(20)29)26-22-11-9-10-21(16-22)25(30)28(7)8/h9-19H,1-8H3,(H,26,27). The van der Waals surface area contributed by atoms with Crippen LogP contribution in [-0.2, 0) is 0 Å². The average molecular weight is 437 g/mol. The first-order valence-electron chi connectivity index (χ1n) is 11.2. The van der Waals surface area contributed by atoms with Crippen LogP contribution in [0.4, 0.5) is 11.5 Å². The van der Waals surface area contributed by atoms with Crippen molar-refractivity contribution in [3.8, 4) is 0 Å². The second kappa shape index (κ2) is 8.87. The van der Waals surface area contributed by atoms with Gasteiger partial charge in [-0.05, 0) is 59.2 Å². The molecule has 0 aliphatic carbocycles. The number of carbonyl (C=O) groups excluding carboxylic acids is 1. The molecule has 1 aromatic carbocycles. The van der Waals surface area contributed by atoms with Gasteiger partial charge in [0.1, 0.15) is 11.5 Å². The number of nitrogens with zero attached hydrogens (tertiary/aromatic N) is 3. The zero-order valence-corrected chi connectivity index (χ0v) is 21.1. The molecule has 31 heavy (non-hydrogen) atoms. The number of nitrogens with one attached hydrogen (secondary N) is 1. The molecule has 3 rings (SSSR count). The first kappa shape index (κ1) is 23.1. The lowest BCUT2D eigenvalue weighted by atomic mass is 10.2. The maximum atomic E-state index is 12.3. The van der Waals surface area contributed by atoms with Crippen LogP contribution in [0.5, 0.6) is 0 Å². The summed E-state index contributed by atoms with van der Waals surface area (Å²) in [5, 5.41) is 4.57. The van der Waals surface area contributed by atoms with E-state index in [9.17, 15) is 4.79 Å². The van der Waals surface area contributed by atoms with Crippen molar-refractivity contribution in [2.75, 3.05) is 19.4 Å². The first-order valence-corrected chi connectivity index (χ1v) is 13.3. The number of pyridine rings is 1. The zero-order chi connectivity index (χ0) is 22.9. The monoisotopic (exact) mass is 436 g/mol. The Morgan fingerprint density at radius 3 is 2.19 bits per heavy atom. The van der Waals surface area contributed by atoms with E-state index in [1.165, 1.54) is 5.39 Å². The fraction of sp³-hybridized carbons (Fsp3) is 0.440. The van der Waals surface area contributed by atoms with Crippen LogP contribution in [-0.4, -0.2) is 42.4 Å². The summed E-state index contributed by atoms with van der Waals surface area (Å²) in [6.07, 6.45) is 2.25. The minimum atomic E-state index is -1.89. The number of benzene rings is 1. The molecule has 2 heterocycles. The third-order valence-electron chi connectivity index (χ3n) is 6.52. The number of aromatic nitrogens is 2. The van der Waals surface area contributed by atoms with Crippen molar-refractivity contribution in [3.63, 3.8) is 0 Å². The fourth-order valence-electron chi connectivity index (χ4n) is 5.36. The molecule has 0 aliphatic rings. The topological polar surface area (TPSA) is 50.2 Å². The van der Waals surface area contributed by atoms with Gasteiger partial charge in [-0.25, -0.2) is 4.98 Å². The Balaban J connectivity index is 2.05. The number of anilines is 2. The number of hydrogen-bond donors (Lipinski definition) is 1. The van der Waals surface area contributed by atoms with Crippen molar-refractivity contribution < 1.29 is 4.79 Å². The van der Waals surface area contributed by atoms with Gasteiger partial charge in [0, 0.05) is 30.7 Å². The highest BCUT2D eigenvalue weighted by atomic mass is 28.3. The maximum absolute atomic E-state index is 12.3. The van der Waals surface area contributed by atoms with Crippen molar-refractivity contribution in [2.24, 2.45) is 0 Å². The van der Waals surface area contributed by atoms with Crippen LogP contribution in [0.2, 0.25) is 16.6 Å². The molecule has 1 N–H and O–H groups in total. The molecule has 6 heteroatoms. The lowest BCUT2D eigenvalue weighted by Gasteiger charge is -2.44. The number of carbonyl (C=O) groups is 1. The van der Waals surface area contributed by atoms with Crippen molar-refractivity contribution in [2.45, 2.75) is 58.2 Å². The molecule has 0 saturated carbocycles. The molecule has 0 saturated heterocycles. The summed E-state index contributed by atoms with van der Waals surface area (Å²) in [4.78, 5) is 19.0. The smallest absolute Gasteiger partial charge is 0.253 e. The molecule has 5 nitrogen and oxygen atoms in total.